The molecule has 6 nitrogen and oxygen atoms in total. The van der Waals surface area contributed by atoms with Crippen LogP contribution < -0.4 is 11.1 Å². The lowest BCUT2D eigenvalue weighted by Gasteiger charge is -2.41. The largest absolute Gasteiger partial charge is 0.443 e. The van der Waals surface area contributed by atoms with Gasteiger partial charge < -0.3 is 15.4 Å². The van der Waals surface area contributed by atoms with Gasteiger partial charge in [0.05, 0.1) is 0 Å². The normalized spacial score (nSPS) is 17.0. The summed E-state index contributed by atoms with van der Waals surface area (Å²) in [7, 11) is 0. The van der Waals surface area contributed by atoms with Crippen molar-refractivity contribution in [1.29, 1.82) is 0 Å². The predicted octanol–water partition coefficient (Wildman–Crippen LogP) is 2.91. The van der Waals surface area contributed by atoms with Crippen LogP contribution in [-0.4, -0.2) is 42.3 Å². The number of alkyl carbamates (subject to hydrolysis) is 1. The summed E-state index contributed by atoms with van der Waals surface area (Å²) in [6, 6.07) is 9.88. The molecule has 1 aromatic carbocycles. The molecule has 138 valence electrons. The molecule has 0 aliphatic carbocycles. The first-order chi connectivity index (χ1) is 11.7. The number of carbonyl (C=O) groups is 2. The Labute approximate surface area is 149 Å². The van der Waals surface area contributed by atoms with Gasteiger partial charge >= 0.3 is 12.1 Å². The maximum absolute atomic E-state index is 12.2. The first-order valence-electron chi connectivity index (χ1n) is 8.76. The molecule has 1 aromatic rings. The lowest BCUT2D eigenvalue weighted by Crippen LogP contribution is -2.51. The van der Waals surface area contributed by atoms with Gasteiger partial charge in [0.15, 0.2) is 0 Å². The number of imide groups is 1. The summed E-state index contributed by atoms with van der Waals surface area (Å²) in [4.78, 5) is 25.6. The number of piperidine rings is 1. The number of hydrogen-bond donors (Lipinski definition) is 2. The average molecular weight is 347 g/mol. The van der Waals surface area contributed by atoms with Gasteiger partial charge in [0.2, 0.25) is 0 Å². The summed E-state index contributed by atoms with van der Waals surface area (Å²) >= 11 is 0. The van der Waals surface area contributed by atoms with Crippen molar-refractivity contribution in [2.45, 2.75) is 45.6 Å². The first kappa shape index (κ1) is 19.2. The molecule has 1 aliphatic rings. The lowest BCUT2D eigenvalue weighted by molar-refractivity contribution is 0.0522. The van der Waals surface area contributed by atoms with Crippen LogP contribution in [0.2, 0.25) is 0 Å². The van der Waals surface area contributed by atoms with Crippen molar-refractivity contribution in [2.75, 3.05) is 19.6 Å². The Balaban J connectivity index is 1.89. The number of likely N-dealkylation sites (tertiary alicyclic amines) is 1. The van der Waals surface area contributed by atoms with Crippen molar-refractivity contribution in [3.63, 3.8) is 0 Å². The second kappa shape index (κ2) is 7.87. The van der Waals surface area contributed by atoms with Crippen molar-refractivity contribution in [2.24, 2.45) is 11.1 Å². The Morgan fingerprint density at radius 1 is 1.20 bits per heavy atom. The number of nitrogens with one attached hydrogen (secondary N) is 1. The Morgan fingerprint density at radius 3 is 2.32 bits per heavy atom. The van der Waals surface area contributed by atoms with Crippen molar-refractivity contribution >= 4 is 12.1 Å². The van der Waals surface area contributed by atoms with Crippen LogP contribution in [0.25, 0.3) is 0 Å². The molecule has 0 spiro atoms. The highest BCUT2D eigenvalue weighted by Crippen LogP contribution is 2.34. The fourth-order valence-corrected chi connectivity index (χ4v) is 3.14. The molecule has 0 unspecified atom stereocenters. The van der Waals surface area contributed by atoms with E-state index in [1.807, 2.05) is 18.2 Å². The monoisotopic (exact) mass is 347 g/mol. The molecule has 6 heteroatoms. The smallest absolute Gasteiger partial charge is 0.415 e. The van der Waals surface area contributed by atoms with Crippen molar-refractivity contribution in [1.82, 2.24) is 10.2 Å². The molecule has 0 aromatic heterocycles. The Hall–Kier alpha value is -2.08. The highest BCUT2D eigenvalue weighted by Gasteiger charge is 2.35. The molecule has 1 saturated heterocycles. The zero-order valence-corrected chi connectivity index (χ0v) is 15.4. The average Bonchev–Trinajstić information content (AvgIpc) is 2.54. The van der Waals surface area contributed by atoms with Crippen LogP contribution in [0.1, 0.15) is 39.2 Å². The van der Waals surface area contributed by atoms with Crippen molar-refractivity contribution < 1.29 is 14.3 Å². The number of nitrogens with two attached hydrogens (primary N) is 1. The second-order valence-electron chi connectivity index (χ2n) is 7.79. The molecular formula is C19H29N3O3. The molecule has 25 heavy (non-hydrogen) atoms. The van der Waals surface area contributed by atoms with Crippen LogP contribution >= 0.6 is 0 Å². The zero-order chi connectivity index (χ0) is 18.5. The van der Waals surface area contributed by atoms with E-state index < -0.39 is 17.7 Å². The van der Waals surface area contributed by atoms with Gasteiger partial charge in [0.25, 0.3) is 0 Å². The summed E-state index contributed by atoms with van der Waals surface area (Å²) in [5.41, 5.74) is 6.70. The van der Waals surface area contributed by atoms with E-state index in [2.05, 4.69) is 17.4 Å². The third kappa shape index (κ3) is 5.74. The van der Waals surface area contributed by atoms with E-state index in [-0.39, 0.29) is 5.41 Å². The SMILES string of the molecule is CC(C)(C)OC(=O)NC(=O)N1CCC(CN)(Cc2ccccc2)CC1. The third-order valence-corrected chi connectivity index (χ3v) is 4.57. The maximum atomic E-state index is 12.2. The van der Waals surface area contributed by atoms with E-state index in [9.17, 15) is 9.59 Å². The van der Waals surface area contributed by atoms with Gasteiger partial charge in [-0.1, -0.05) is 30.3 Å². The number of benzene rings is 1. The summed E-state index contributed by atoms with van der Waals surface area (Å²) in [6.45, 7) is 7.03. The number of ether oxygens (including phenoxy) is 1. The Bertz CT molecular complexity index is 588. The number of hydrogen-bond acceptors (Lipinski definition) is 4. The molecule has 1 fully saturated rings. The minimum Gasteiger partial charge on any atom is -0.443 e. The highest BCUT2D eigenvalue weighted by molar-refractivity contribution is 5.90. The number of urea groups is 1. The summed E-state index contributed by atoms with van der Waals surface area (Å²) in [6.07, 6.45) is 1.84. The van der Waals surface area contributed by atoms with Crippen LogP contribution in [0.4, 0.5) is 9.59 Å². The minimum absolute atomic E-state index is 0.00402. The minimum atomic E-state index is -0.711. The number of amides is 3. The van der Waals surface area contributed by atoms with Gasteiger partial charge in [-0.2, -0.15) is 0 Å². The lowest BCUT2D eigenvalue weighted by atomic mass is 9.74. The topological polar surface area (TPSA) is 84.7 Å². The van der Waals surface area contributed by atoms with E-state index in [1.54, 1.807) is 25.7 Å². The summed E-state index contributed by atoms with van der Waals surface area (Å²) < 4.78 is 5.12. The second-order valence-corrected chi connectivity index (χ2v) is 7.79. The van der Waals surface area contributed by atoms with Gasteiger partial charge in [-0.05, 0) is 57.6 Å². The molecule has 0 radical (unpaired) electrons. The van der Waals surface area contributed by atoms with Crippen molar-refractivity contribution in [3.05, 3.63) is 35.9 Å². The number of rotatable bonds is 3. The molecule has 0 atom stereocenters. The summed E-state index contributed by atoms with van der Waals surface area (Å²) in [5, 5.41) is 2.30. The Kier molecular flexibility index (Phi) is 6.06. The highest BCUT2D eigenvalue weighted by atomic mass is 16.6. The van der Waals surface area contributed by atoms with Gasteiger partial charge in [-0.15, -0.1) is 0 Å². The fraction of sp³-hybridized carbons (Fsp3) is 0.579. The molecule has 0 bridgehead atoms. The van der Waals surface area contributed by atoms with E-state index in [0.717, 1.165) is 19.3 Å². The van der Waals surface area contributed by atoms with Crippen LogP contribution in [0.15, 0.2) is 30.3 Å². The number of carbonyl (C=O) groups excluding carboxylic acids is 2. The number of nitrogens with zero attached hydrogens (tertiary/aromatic N) is 1. The van der Waals surface area contributed by atoms with E-state index in [0.29, 0.717) is 19.6 Å². The Morgan fingerprint density at radius 2 is 1.80 bits per heavy atom. The van der Waals surface area contributed by atoms with Crippen molar-refractivity contribution in [3.8, 4) is 0 Å². The third-order valence-electron chi connectivity index (χ3n) is 4.57. The van der Waals surface area contributed by atoms with Gasteiger partial charge in [0.1, 0.15) is 5.60 Å². The maximum Gasteiger partial charge on any atom is 0.415 e. The molecule has 3 N–H and O–H groups in total. The molecule has 3 amide bonds. The van der Waals surface area contributed by atoms with E-state index in [1.165, 1.54) is 5.56 Å². The quantitative estimate of drug-likeness (QED) is 0.880. The fourth-order valence-electron chi connectivity index (χ4n) is 3.14. The summed E-state index contributed by atoms with van der Waals surface area (Å²) in [5.74, 6) is 0. The molecule has 1 heterocycles. The molecule has 1 aliphatic heterocycles. The van der Waals surface area contributed by atoms with Gasteiger partial charge in [-0.25, -0.2) is 14.9 Å². The van der Waals surface area contributed by atoms with Gasteiger partial charge in [-0.3, -0.25) is 0 Å². The molecule has 2 rings (SSSR count). The standard InChI is InChI=1S/C19H29N3O3/c1-18(2,3)25-17(24)21-16(23)22-11-9-19(14-20,10-12-22)13-15-7-5-4-6-8-15/h4-8H,9-14,20H2,1-3H3,(H,21,23,24). The van der Waals surface area contributed by atoms with Crippen LogP contribution in [-0.2, 0) is 11.2 Å². The van der Waals surface area contributed by atoms with E-state index in [4.69, 9.17) is 10.5 Å². The molecular weight excluding hydrogens is 318 g/mol. The van der Waals surface area contributed by atoms with Crippen LogP contribution in [0.5, 0.6) is 0 Å². The van der Waals surface area contributed by atoms with Gasteiger partial charge in [0, 0.05) is 13.1 Å². The first-order valence-corrected chi connectivity index (χ1v) is 8.76. The van der Waals surface area contributed by atoms with Crippen LogP contribution in [0.3, 0.4) is 0 Å². The van der Waals surface area contributed by atoms with Crippen LogP contribution in [0, 0.1) is 5.41 Å². The predicted molar refractivity (Wildman–Crippen MR) is 97.2 cm³/mol. The molecule has 0 saturated carbocycles. The van der Waals surface area contributed by atoms with E-state index >= 15 is 0 Å². The zero-order valence-electron chi connectivity index (χ0n) is 15.4.